The fourth-order valence-corrected chi connectivity index (χ4v) is 5.63. The first-order valence-corrected chi connectivity index (χ1v) is 17.8. The molecule has 294 valence electrons. The maximum absolute atomic E-state index is 14.2. The lowest BCUT2D eigenvalue weighted by Crippen LogP contribution is -2.52. The molecule has 1 aromatic heterocycles. The largest absolute Gasteiger partial charge is 0.508 e. The average Bonchev–Trinajstić information content (AvgIpc) is 3.53. The van der Waals surface area contributed by atoms with Gasteiger partial charge in [-0.1, -0.05) is 35.5 Å². The van der Waals surface area contributed by atoms with Gasteiger partial charge in [-0.2, -0.15) is 4.98 Å². The first kappa shape index (κ1) is 42.5. The van der Waals surface area contributed by atoms with E-state index in [4.69, 9.17) is 30.9 Å². The summed E-state index contributed by atoms with van der Waals surface area (Å²) in [6, 6.07) is 10.7. The fraction of sp³-hybridized carbons (Fsp3) is 0.486. The van der Waals surface area contributed by atoms with E-state index in [0.29, 0.717) is 54.7 Å². The van der Waals surface area contributed by atoms with Gasteiger partial charge in [0.05, 0.1) is 0 Å². The monoisotopic (exact) mass is 751 g/mol. The summed E-state index contributed by atoms with van der Waals surface area (Å²) < 4.78 is 16.1. The van der Waals surface area contributed by atoms with Gasteiger partial charge in [0.1, 0.15) is 23.4 Å². The first-order valence-electron chi connectivity index (χ1n) is 17.8. The fourth-order valence-electron chi connectivity index (χ4n) is 5.63. The van der Waals surface area contributed by atoms with Crippen molar-refractivity contribution in [3.05, 3.63) is 76.4 Å². The SMILES string of the molecule is Cc1cc(O)cc(C)c1CC(NC(=O)C(CCCNC(=N)N)OC(N)=O)C(=O)NC(CCCCNC(=O)OC(C)(C)C)c1nc(Cc2ccccc2)no1. The maximum atomic E-state index is 14.2. The number of carbonyl (C=O) groups excluding carboxylic acids is 4. The second kappa shape index (κ2) is 20.4. The van der Waals surface area contributed by atoms with E-state index in [1.807, 2.05) is 30.3 Å². The van der Waals surface area contributed by atoms with Crippen molar-refractivity contribution in [1.29, 1.82) is 5.41 Å². The number of hydrogen-bond donors (Lipinski definition) is 8. The molecule has 3 aromatic rings. The van der Waals surface area contributed by atoms with E-state index in [1.54, 1.807) is 46.8 Å². The average molecular weight is 752 g/mol. The van der Waals surface area contributed by atoms with Gasteiger partial charge in [0.15, 0.2) is 17.9 Å². The number of aryl methyl sites for hydroxylation is 2. The number of nitrogens with zero attached hydrogens (tertiary/aromatic N) is 2. The second-order valence-electron chi connectivity index (χ2n) is 13.9. The number of nitrogens with one attached hydrogen (secondary N) is 5. The Morgan fingerprint density at radius 2 is 1.59 bits per heavy atom. The summed E-state index contributed by atoms with van der Waals surface area (Å²) in [5.74, 6) is -0.996. The van der Waals surface area contributed by atoms with Gasteiger partial charge in [-0.15, -0.1) is 0 Å². The third-order valence-corrected chi connectivity index (χ3v) is 8.12. The van der Waals surface area contributed by atoms with Crippen molar-refractivity contribution >= 4 is 30.0 Å². The van der Waals surface area contributed by atoms with Crippen molar-refractivity contribution in [2.75, 3.05) is 13.1 Å². The molecule has 0 aliphatic rings. The number of benzene rings is 2. The van der Waals surface area contributed by atoms with Crippen LogP contribution in [-0.2, 0) is 31.9 Å². The smallest absolute Gasteiger partial charge is 0.407 e. The highest BCUT2D eigenvalue weighted by molar-refractivity contribution is 5.90. The highest BCUT2D eigenvalue weighted by atomic mass is 16.6. The number of rotatable bonds is 19. The molecule has 0 saturated carbocycles. The second-order valence-corrected chi connectivity index (χ2v) is 13.9. The summed E-state index contributed by atoms with van der Waals surface area (Å²) in [5.41, 5.74) is 13.0. The minimum atomic E-state index is -1.35. The van der Waals surface area contributed by atoms with Crippen molar-refractivity contribution in [2.24, 2.45) is 11.5 Å². The molecule has 17 nitrogen and oxygen atoms in total. The number of unbranched alkanes of at least 4 members (excludes halogenated alkanes) is 1. The Morgan fingerprint density at radius 3 is 2.22 bits per heavy atom. The number of phenols is 1. The number of phenolic OH excluding ortho intramolecular Hbond substituents is 1. The van der Waals surface area contributed by atoms with Gasteiger partial charge in [0, 0.05) is 25.9 Å². The van der Waals surface area contributed by atoms with Crippen LogP contribution in [0.25, 0.3) is 0 Å². The van der Waals surface area contributed by atoms with Crippen molar-refractivity contribution in [2.45, 2.75) is 103 Å². The van der Waals surface area contributed by atoms with Crippen LogP contribution in [0.2, 0.25) is 0 Å². The normalized spacial score (nSPS) is 12.8. The summed E-state index contributed by atoms with van der Waals surface area (Å²) >= 11 is 0. The third kappa shape index (κ3) is 15.0. The number of nitrogens with two attached hydrogens (primary N) is 2. The van der Waals surface area contributed by atoms with Gasteiger partial charge < -0.3 is 51.8 Å². The standard InChI is InChI=1S/C37H53N9O8/c1-22-18-25(47)19-23(2)26(22)21-28(44-32(49)29(52-35(40)50)15-11-17-41-34(38)39)31(48)43-27(14-9-10-16-42-36(51)53-37(3,4)5)33-45-30(46-54-33)20-24-12-7-6-8-13-24/h6-8,12-13,18-19,27-29,47H,9-11,14-17,20-21H2,1-5H3,(H2,40,50)(H,42,51)(H,43,48)(H,44,49)(H4,38,39,41). The molecule has 2 aromatic carbocycles. The van der Waals surface area contributed by atoms with Gasteiger partial charge >= 0.3 is 12.2 Å². The Hall–Kier alpha value is -5.87. The Kier molecular flexibility index (Phi) is 16.1. The highest BCUT2D eigenvalue weighted by Gasteiger charge is 2.31. The summed E-state index contributed by atoms with van der Waals surface area (Å²) in [6.45, 7) is 9.42. The van der Waals surface area contributed by atoms with E-state index in [0.717, 1.165) is 5.56 Å². The molecule has 54 heavy (non-hydrogen) atoms. The van der Waals surface area contributed by atoms with Crippen LogP contribution in [0, 0.1) is 19.3 Å². The highest BCUT2D eigenvalue weighted by Crippen LogP contribution is 2.24. The topological polar surface area (TPSA) is 270 Å². The number of alkyl carbamates (subject to hydrolysis) is 1. The van der Waals surface area contributed by atoms with E-state index in [1.165, 1.54) is 0 Å². The van der Waals surface area contributed by atoms with Gasteiger partial charge in [0.2, 0.25) is 11.8 Å². The van der Waals surface area contributed by atoms with Crippen LogP contribution in [0.5, 0.6) is 5.75 Å². The van der Waals surface area contributed by atoms with Crippen LogP contribution in [-0.4, -0.2) is 76.0 Å². The molecule has 3 unspecified atom stereocenters. The number of guanidine groups is 1. The molecule has 0 aliphatic carbocycles. The van der Waals surface area contributed by atoms with E-state index < -0.39 is 47.8 Å². The van der Waals surface area contributed by atoms with Gasteiger partial charge in [-0.3, -0.25) is 15.0 Å². The predicted molar refractivity (Wildman–Crippen MR) is 199 cm³/mol. The molecule has 10 N–H and O–H groups in total. The number of amides is 4. The van der Waals surface area contributed by atoms with Crippen LogP contribution in [0.15, 0.2) is 47.0 Å². The Balaban J connectivity index is 1.87. The molecule has 1 heterocycles. The third-order valence-electron chi connectivity index (χ3n) is 8.12. The molecule has 0 bridgehead atoms. The first-order chi connectivity index (χ1) is 25.5. The molecular formula is C37H53N9O8. The number of aromatic nitrogens is 2. The molecule has 0 fully saturated rings. The summed E-state index contributed by atoms with van der Waals surface area (Å²) in [4.78, 5) is 56.3. The van der Waals surface area contributed by atoms with Crippen molar-refractivity contribution in [3.8, 4) is 5.75 Å². The maximum Gasteiger partial charge on any atom is 0.407 e. The van der Waals surface area contributed by atoms with E-state index in [-0.39, 0.29) is 43.4 Å². The molecule has 0 aliphatic heterocycles. The lowest BCUT2D eigenvalue weighted by Gasteiger charge is -2.25. The van der Waals surface area contributed by atoms with E-state index in [2.05, 4.69) is 31.4 Å². The minimum absolute atomic E-state index is 0.0142. The number of aromatic hydroxyl groups is 1. The van der Waals surface area contributed by atoms with Crippen LogP contribution < -0.4 is 32.7 Å². The van der Waals surface area contributed by atoms with Crippen LogP contribution in [0.1, 0.15) is 92.9 Å². The number of primary amides is 1. The quantitative estimate of drug-likeness (QED) is 0.0498. The molecule has 3 rings (SSSR count). The summed E-state index contributed by atoms with van der Waals surface area (Å²) in [5, 5.41) is 32.7. The van der Waals surface area contributed by atoms with Crippen molar-refractivity contribution in [3.63, 3.8) is 0 Å². The zero-order valence-electron chi connectivity index (χ0n) is 31.5. The molecule has 0 spiro atoms. The van der Waals surface area contributed by atoms with E-state index >= 15 is 0 Å². The molecule has 0 radical (unpaired) electrons. The van der Waals surface area contributed by atoms with Crippen LogP contribution in [0.3, 0.4) is 0 Å². The molecular weight excluding hydrogens is 698 g/mol. The van der Waals surface area contributed by atoms with Gasteiger partial charge in [0.25, 0.3) is 5.91 Å². The van der Waals surface area contributed by atoms with E-state index in [9.17, 15) is 24.3 Å². The zero-order chi connectivity index (χ0) is 39.8. The van der Waals surface area contributed by atoms with Gasteiger partial charge in [-0.05, 0) is 101 Å². The van der Waals surface area contributed by atoms with Crippen molar-refractivity contribution < 1.29 is 38.3 Å². The Morgan fingerprint density at radius 1 is 0.926 bits per heavy atom. The zero-order valence-corrected chi connectivity index (χ0v) is 31.5. The molecule has 0 saturated heterocycles. The Labute approximate surface area is 314 Å². The summed E-state index contributed by atoms with van der Waals surface area (Å²) in [7, 11) is 0. The summed E-state index contributed by atoms with van der Waals surface area (Å²) in [6.07, 6.45) is -0.959. The molecule has 4 amide bonds. The Bertz CT molecular complexity index is 1700. The minimum Gasteiger partial charge on any atom is -0.508 e. The van der Waals surface area contributed by atoms with Gasteiger partial charge in [-0.25, -0.2) is 9.59 Å². The van der Waals surface area contributed by atoms with Crippen LogP contribution >= 0.6 is 0 Å². The number of carbonyl (C=O) groups is 4. The van der Waals surface area contributed by atoms with Crippen molar-refractivity contribution in [1.82, 2.24) is 31.4 Å². The molecule has 3 atom stereocenters. The van der Waals surface area contributed by atoms with Crippen LogP contribution in [0.4, 0.5) is 9.59 Å². The number of hydrogen-bond acceptors (Lipinski definition) is 11. The lowest BCUT2D eigenvalue weighted by molar-refractivity contribution is -0.134. The number of ether oxygens (including phenoxy) is 2. The predicted octanol–water partition coefficient (Wildman–Crippen LogP) is 3.29. The lowest BCUT2D eigenvalue weighted by atomic mass is 9.95. The molecule has 17 heteroatoms.